The number of carbonyl (C=O) groups excluding carboxylic acids is 2. The molecule has 2 aromatic carbocycles. The summed E-state index contributed by atoms with van der Waals surface area (Å²) in [5.74, 6) is -1.22. The molecule has 0 saturated carbocycles. The van der Waals surface area contributed by atoms with Crippen molar-refractivity contribution in [1.82, 2.24) is 4.98 Å². The number of hydrogen-bond acceptors (Lipinski definition) is 5. The number of carbonyl (C=O) groups is 2. The molecule has 6 nitrogen and oxygen atoms in total. The van der Waals surface area contributed by atoms with E-state index in [0.717, 1.165) is 29.0 Å². The summed E-state index contributed by atoms with van der Waals surface area (Å²) in [7, 11) is 0. The van der Waals surface area contributed by atoms with Gasteiger partial charge in [-0.05, 0) is 29.8 Å². The minimum absolute atomic E-state index is 0.0700. The van der Waals surface area contributed by atoms with E-state index in [0.29, 0.717) is 0 Å². The molecule has 0 radical (unpaired) electrons. The molecule has 0 aliphatic rings. The van der Waals surface area contributed by atoms with Gasteiger partial charge in [0.15, 0.2) is 5.13 Å². The molecule has 0 atom stereocenters. The van der Waals surface area contributed by atoms with Gasteiger partial charge < -0.3 is 15.4 Å². The Labute approximate surface area is 167 Å². The van der Waals surface area contributed by atoms with Gasteiger partial charge >= 0.3 is 6.36 Å². The number of nitrogens with one attached hydrogen (secondary N) is 2. The highest BCUT2D eigenvalue weighted by Crippen LogP contribution is 2.24. The number of anilines is 2. The first-order valence-corrected chi connectivity index (χ1v) is 9.13. The molecule has 150 valence electrons. The SMILES string of the molecule is O=C(Cc1ccccc1)Nc1nc(C(=O)Nc2ccc(OC(F)(F)F)cc2)cs1. The van der Waals surface area contributed by atoms with Gasteiger partial charge in [0.05, 0.1) is 6.42 Å². The maximum atomic E-state index is 12.2. The maximum absolute atomic E-state index is 12.2. The summed E-state index contributed by atoms with van der Waals surface area (Å²) in [6.07, 6.45) is -4.61. The number of halogens is 3. The fourth-order valence-corrected chi connectivity index (χ4v) is 3.02. The molecule has 0 unspecified atom stereocenters. The number of rotatable bonds is 6. The number of ether oxygens (including phenoxy) is 1. The third kappa shape index (κ3) is 6.32. The van der Waals surface area contributed by atoms with Crippen molar-refractivity contribution in [2.45, 2.75) is 12.8 Å². The molecule has 0 bridgehead atoms. The Morgan fingerprint density at radius 1 is 1.00 bits per heavy atom. The van der Waals surface area contributed by atoms with Crippen LogP contribution in [0.2, 0.25) is 0 Å². The normalized spacial score (nSPS) is 11.0. The molecule has 0 aliphatic carbocycles. The summed E-state index contributed by atoms with van der Waals surface area (Å²) in [6, 6.07) is 13.9. The van der Waals surface area contributed by atoms with Crippen LogP contribution in [0, 0.1) is 0 Å². The van der Waals surface area contributed by atoms with E-state index in [1.807, 2.05) is 30.3 Å². The standard InChI is InChI=1S/C19H14F3N3O3S/c20-19(21,22)28-14-8-6-13(7-9-14)23-17(27)15-11-29-18(24-15)25-16(26)10-12-4-2-1-3-5-12/h1-9,11H,10H2,(H,23,27)(H,24,25,26). The van der Waals surface area contributed by atoms with Crippen LogP contribution in [0.5, 0.6) is 5.75 Å². The monoisotopic (exact) mass is 421 g/mol. The molecule has 0 spiro atoms. The maximum Gasteiger partial charge on any atom is 0.573 e. The van der Waals surface area contributed by atoms with Crippen LogP contribution in [0.15, 0.2) is 60.0 Å². The Morgan fingerprint density at radius 3 is 2.34 bits per heavy atom. The Morgan fingerprint density at radius 2 is 1.69 bits per heavy atom. The van der Waals surface area contributed by atoms with E-state index in [2.05, 4.69) is 20.4 Å². The molecule has 0 saturated heterocycles. The zero-order chi connectivity index (χ0) is 20.9. The molecule has 3 aromatic rings. The molecular weight excluding hydrogens is 407 g/mol. The number of nitrogens with zero attached hydrogens (tertiary/aromatic N) is 1. The fourth-order valence-electron chi connectivity index (χ4n) is 2.32. The lowest BCUT2D eigenvalue weighted by Crippen LogP contribution is -2.17. The number of thiazole rings is 1. The first-order valence-electron chi connectivity index (χ1n) is 8.25. The van der Waals surface area contributed by atoms with Crippen LogP contribution < -0.4 is 15.4 Å². The Bertz CT molecular complexity index is 989. The Balaban J connectivity index is 1.55. The van der Waals surface area contributed by atoms with E-state index in [1.165, 1.54) is 17.5 Å². The number of alkyl halides is 3. The van der Waals surface area contributed by atoms with Crippen LogP contribution in [0.1, 0.15) is 16.1 Å². The molecule has 1 heterocycles. The molecule has 10 heteroatoms. The second-order valence-electron chi connectivity index (χ2n) is 5.77. The van der Waals surface area contributed by atoms with Crippen molar-refractivity contribution in [3.8, 4) is 5.75 Å². The summed E-state index contributed by atoms with van der Waals surface area (Å²) >= 11 is 1.09. The second-order valence-corrected chi connectivity index (χ2v) is 6.63. The van der Waals surface area contributed by atoms with Gasteiger partial charge in [0.2, 0.25) is 5.91 Å². The highest BCUT2D eigenvalue weighted by molar-refractivity contribution is 7.14. The van der Waals surface area contributed by atoms with Gasteiger partial charge in [-0.15, -0.1) is 24.5 Å². The van der Waals surface area contributed by atoms with Crippen molar-refractivity contribution in [2.75, 3.05) is 10.6 Å². The summed E-state index contributed by atoms with van der Waals surface area (Å²) in [5, 5.41) is 6.87. The van der Waals surface area contributed by atoms with Crippen LogP contribution in [0.25, 0.3) is 0 Å². The first-order chi connectivity index (χ1) is 13.8. The van der Waals surface area contributed by atoms with Crippen LogP contribution in [0.4, 0.5) is 24.0 Å². The number of hydrogen-bond donors (Lipinski definition) is 2. The quantitative estimate of drug-likeness (QED) is 0.615. The van der Waals surface area contributed by atoms with E-state index in [4.69, 9.17) is 0 Å². The van der Waals surface area contributed by atoms with E-state index < -0.39 is 18.0 Å². The zero-order valence-electron chi connectivity index (χ0n) is 14.7. The molecule has 2 N–H and O–H groups in total. The molecule has 1 aromatic heterocycles. The minimum Gasteiger partial charge on any atom is -0.406 e. The second kappa shape index (κ2) is 8.74. The van der Waals surface area contributed by atoms with Gasteiger partial charge in [0.25, 0.3) is 5.91 Å². The Kier molecular flexibility index (Phi) is 6.13. The molecule has 0 fully saturated rings. The van der Waals surface area contributed by atoms with Gasteiger partial charge in [-0.2, -0.15) is 0 Å². The van der Waals surface area contributed by atoms with Gasteiger partial charge in [0, 0.05) is 11.1 Å². The molecule has 29 heavy (non-hydrogen) atoms. The summed E-state index contributed by atoms with van der Waals surface area (Å²) in [6.45, 7) is 0. The molecule has 3 rings (SSSR count). The average Bonchev–Trinajstić information content (AvgIpc) is 3.11. The van der Waals surface area contributed by atoms with Crippen LogP contribution in [-0.2, 0) is 11.2 Å². The summed E-state index contributed by atoms with van der Waals surface area (Å²) in [4.78, 5) is 28.3. The lowest BCUT2D eigenvalue weighted by atomic mass is 10.1. The lowest BCUT2D eigenvalue weighted by Gasteiger charge is -2.09. The molecule has 2 amide bonds. The molecular formula is C19H14F3N3O3S. The predicted octanol–water partition coefficient (Wildman–Crippen LogP) is 4.48. The van der Waals surface area contributed by atoms with Gasteiger partial charge in [0.1, 0.15) is 11.4 Å². The number of benzene rings is 2. The smallest absolute Gasteiger partial charge is 0.406 e. The van der Waals surface area contributed by atoms with Gasteiger partial charge in [-0.25, -0.2) is 4.98 Å². The van der Waals surface area contributed by atoms with Crippen molar-refractivity contribution in [1.29, 1.82) is 0 Å². The highest BCUT2D eigenvalue weighted by atomic mass is 32.1. The zero-order valence-corrected chi connectivity index (χ0v) is 15.5. The van der Waals surface area contributed by atoms with E-state index in [-0.39, 0.29) is 28.8 Å². The van der Waals surface area contributed by atoms with Crippen molar-refractivity contribution >= 4 is 34.0 Å². The van der Waals surface area contributed by atoms with Crippen molar-refractivity contribution < 1.29 is 27.5 Å². The number of aromatic nitrogens is 1. The van der Waals surface area contributed by atoms with Crippen LogP contribution in [0.3, 0.4) is 0 Å². The third-order valence-electron chi connectivity index (χ3n) is 3.54. The first kappa shape index (κ1) is 20.3. The topological polar surface area (TPSA) is 80.3 Å². The van der Waals surface area contributed by atoms with Crippen molar-refractivity contribution in [3.63, 3.8) is 0 Å². The molecule has 0 aliphatic heterocycles. The Hall–Kier alpha value is -3.40. The van der Waals surface area contributed by atoms with Crippen molar-refractivity contribution in [2.24, 2.45) is 0 Å². The van der Waals surface area contributed by atoms with Crippen LogP contribution in [-0.4, -0.2) is 23.2 Å². The van der Waals surface area contributed by atoms with Crippen molar-refractivity contribution in [3.05, 3.63) is 71.2 Å². The third-order valence-corrected chi connectivity index (χ3v) is 4.29. The minimum atomic E-state index is -4.79. The van der Waals surface area contributed by atoms with E-state index in [9.17, 15) is 22.8 Å². The average molecular weight is 421 g/mol. The lowest BCUT2D eigenvalue weighted by molar-refractivity contribution is -0.274. The fraction of sp³-hybridized carbons (Fsp3) is 0.105. The van der Waals surface area contributed by atoms with Gasteiger partial charge in [-0.3, -0.25) is 9.59 Å². The number of amides is 2. The van der Waals surface area contributed by atoms with Gasteiger partial charge in [-0.1, -0.05) is 30.3 Å². The van der Waals surface area contributed by atoms with Crippen LogP contribution >= 0.6 is 11.3 Å². The largest absolute Gasteiger partial charge is 0.573 e. The van der Waals surface area contributed by atoms with E-state index >= 15 is 0 Å². The summed E-state index contributed by atoms with van der Waals surface area (Å²) < 4.78 is 40.2. The summed E-state index contributed by atoms with van der Waals surface area (Å²) in [5.41, 5.74) is 1.19. The van der Waals surface area contributed by atoms with E-state index in [1.54, 1.807) is 0 Å². The predicted molar refractivity (Wildman–Crippen MR) is 102 cm³/mol. The highest BCUT2D eigenvalue weighted by Gasteiger charge is 2.31.